The normalized spacial score (nSPS) is 11.2. The number of carbonyl (C=O) groups is 2. The molecule has 1 amide bonds. The van der Waals surface area contributed by atoms with E-state index in [-0.39, 0.29) is 29.5 Å². The number of nitrogens with one attached hydrogen (secondary N) is 1. The number of carbonyl (C=O) groups excluding carboxylic acids is 1. The van der Waals surface area contributed by atoms with Gasteiger partial charge in [0.1, 0.15) is 6.26 Å². The smallest absolute Gasteiger partial charge is 0.357 e. The summed E-state index contributed by atoms with van der Waals surface area (Å²) in [5.74, 6) is -1.29. The van der Waals surface area contributed by atoms with Crippen LogP contribution >= 0.6 is 0 Å². The van der Waals surface area contributed by atoms with E-state index in [1.807, 2.05) is 12.1 Å². The lowest BCUT2D eigenvalue weighted by atomic mass is 9.87. The third-order valence-electron chi connectivity index (χ3n) is 3.18. The number of oxazole rings is 1. The molecule has 6 heteroatoms. The molecule has 0 aliphatic heterocycles. The number of rotatable bonds is 4. The number of carboxylic acids is 1. The second-order valence-electron chi connectivity index (χ2n) is 5.94. The topological polar surface area (TPSA) is 92.4 Å². The molecule has 0 bridgehead atoms. The van der Waals surface area contributed by atoms with Gasteiger partial charge in [0.05, 0.1) is 6.54 Å². The number of aromatic carboxylic acids is 1. The first-order chi connectivity index (χ1) is 10.3. The average Bonchev–Trinajstić information content (AvgIpc) is 2.93. The maximum Gasteiger partial charge on any atom is 0.357 e. The van der Waals surface area contributed by atoms with E-state index in [4.69, 9.17) is 9.52 Å². The molecular weight excluding hydrogens is 284 g/mol. The fraction of sp³-hybridized carbons (Fsp3) is 0.312. The van der Waals surface area contributed by atoms with Crippen molar-refractivity contribution in [2.45, 2.75) is 32.7 Å². The van der Waals surface area contributed by atoms with Gasteiger partial charge in [-0.3, -0.25) is 4.79 Å². The van der Waals surface area contributed by atoms with Crippen molar-refractivity contribution in [2.75, 3.05) is 0 Å². The van der Waals surface area contributed by atoms with Gasteiger partial charge in [-0.1, -0.05) is 32.9 Å². The van der Waals surface area contributed by atoms with Crippen LogP contribution in [0, 0.1) is 0 Å². The third kappa shape index (κ3) is 3.72. The van der Waals surface area contributed by atoms with Crippen molar-refractivity contribution in [3.05, 3.63) is 53.2 Å². The Morgan fingerprint density at radius 2 is 1.86 bits per heavy atom. The number of hydrogen-bond donors (Lipinski definition) is 2. The number of benzene rings is 1. The third-order valence-corrected chi connectivity index (χ3v) is 3.18. The van der Waals surface area contributed by atoms with Gasteiger partial charge >= 0.3 is 5.97 Å². The molecule has 0 unspecified atom stereocenters. The minimum atomic E-state index is -1.17. The van der Waals surface area contributed by atoms with Crippen LogP contribution in [0.15, 0.2) is 34.9 Å². The number of amides is 1. The van der Waals surface area contributed by atoms with Crippen molar-refractivity contribution < 1.29 is 19.1 Å². The van der Waals surface area contributed by atoms with E-state index < -0.39 is 5.97 Å². The summed E-state index contributed by atoms with van der Waals surface area (Å²) in [5, 5.41) is 11.4. The quantitative estimate of drug-likeness (QED) is 0.905. The molecule has 0 saturated heterocycles. The van der Waals surface area contributed by atoms with Crippen LogP contribution in [0.4, 0.5) is 0 Å². The number of aromatic nitrogens is 1. The van der Waals surface area contributed by atoms with E-state index in [0.29, 0.717) is 5.56 Å². The lowest BCUT2D eigenvalue weighted by molar-refractivity contribution is 0.0690. The molecule has 2 N–H and O–H groups in total. The van der Waals surface area contributed by atoms with Crippen molar-refractivity contribution in [2.24, 2.45) is 0 Å². The molecule has 1 aromatic carbocycles. The van der Waals surface area contributed by atoms with Crippen molar-refractivity contribution in [1.29, 1.82) is 0 Å². The highest BCUT2D eigenvalue weighted by Crippen LogP contribution is 2.22. The monoisotopic (exact) mass is 302 g/mol. The predicted molar refractivity (Wildman–Crippen MR) is 79.8 cm³/mol. The molecule has 0 fully saturated rings. The molecule has 2 aromatic rings. The van der Waals surface area contributed by atoms with Crippen LogP contribution in [0.2, 0.25) is 0 Å². The summed E-state index contributed by atoms with van der Waals surface area (Å²) in [6.07, 6.45) is 1.04. The predicted octanol–water partition coefficient (Wildman–Crippen LogP) is 2.60. The van der Waals surface area contributed by atoms with E-state index in [0.717, 1.165) is 11.8 Å². The van der Waals surface area contributed by atoms with Crippen molar-refractivity contribution in [1.82, 2.24) is 10.3 Å². The Morgan fingerprint density at radius 3 is 2.36 bits per heavy atom. The van der Waals surface area contributed by atoms with Crippen molar-refractivity contribution in [3.63, 3.8) is 0 Å². The molecule has 0 radical (unpaired) electrons. The van der Waals surface area contributed by atoms with Crippen LogP contribution in [0.25, 0.3) is 0 Å². The summed E-state index contributed by atoms with van der Waals surface area (Å²) in [5.41, 5.74) is 1.51. The first kappa shape index (κ1) is 15.8. The number of hydrogen-bond acceptors (Lipinski definition) is 4. The van der Waals surface area contributed by atoms with Crippen LogP contribution in [-0.2, 0) is 12.0 Å². The first-order valence-corrected chi connectivity index (χ1v) is 6.84. The Kier molecular flexibility index (Phi) is 4.30. The van der Waals surface area contributed by atoms with Gasteiger partial charge in [-0.2, -0.15) is 0 Å². The second-order valence-corrected chi connectivity index (χ2v) is 5.94. The molecule has 0 atom stereocenters. The molecular formula is C16H18N2O4. The van der Waals surface area contributed by atoms with Gasteiger partial charge in [-0.05, 0) is 23.1 Å². The largest absolute Gasteiger partial charge is 0.476 e. The average molecular weight is 302 g/mol. The van der Waals surface area contributed by atoms with E-state index in [1.165, 1.54) is 0 Å². The van der Waals surface area contributed by atoms with E-state index in [2.05, 4.69) is 31.1 Å². The van der Waals surface area contributed by atoms with Crippen LogP contribution in [0.3, 0.4) is 0 Å². The maximum absolute atomic E-state index is 12.0. The van der Waals surface area contributed by atoms with Gasteiger partial charge in [-0.15, -0.1) is 0 Å². The fourth-order valence-electron chi connectivity index (χ4n) is 1.87. The molecule has 2 rings (SSSR count). The Hall–Kier alpha value is -2.63. The first-order valence-electron chi connectivity index (χ1n) is 6.84. The van der Waals surface area contributed by atoms with Crippen molar-refractivity contribution in [3.8, 4) is 0 Å². The SMILES string of the molecule is CC(C)(C)c1ccc(C(=O)NCc2nc(C(=O)O)co2)cc1. The number of carboxylic acid groups (broad SMARTS) is 1. The zero-order chi connectivity index (χ0) is 16.3. The highest BCUT2D eigenvalue weighted by molar-refractivity contribution is 5.94. The van der Waals surface area contributed by atoms with E-state index >= 15 is 0 Å². The molecule has 6 nitrogen and oxygen atoms in total. The van der Waals surface area contributed by atoms with Gasteiger partial charge in [0.2, 0.25) is 5.89 Å². The summed E-state index contributed by atoms with van der Waals surface area (Å²) in [4.78, 5) is 26.4. The number of nitrogens with zero attached hydrogens (tertiary/aromatic N) is 1. The minimum absolute atomic E-state index is 0.0281. The van der Waals surface area contributed by atoms with Gasteiger partial charge in [0.15, 0.2) is 5.69 Å². The van der Waals surface area contributed by atoms with Gasteiger partial charge in [0.25, 0.3) is 5.91 Å². The Balaban J connectivity index is 1.98. The van der Waals surface area contributed by atoms with Gasteiger partial charge < -0.3 is 14.8 Å². The molecule has 1 aromatic heterocycles. The molecule has 0 spiro atoms. The molecule has 116 valence electrons. The molecule has 0 aliphatic carbocycles. The lowest BCUT2D eigenvalue weighted by Crippen LogP contribution is -2.23. The summed E-state index contributed by atoms with van der Waals surface area (Å²) in [6.45, 7) is 6.34. The summed E-state index contributed by atoms with van der Waals surface area (Å²) in [6, 6.07) is 7.35. The molecule has 22 heavy (non-hydrogen) atoms. The Bertz CT molecular complexity index is 681. The summed E-state index contributed by atoms with van der Waals surface area (Å²) < 4.78 is 4.97. The standard InChI is InChI=1S/C16H18N2O4/c1-16(2,3)11-6-4-10(5-7-11)14(19)17-8-13-18-12(9-22-13)15(20)21/h4-7,9H,8H2,1-3H3,(H,17,19)(H,20,21). The zero-order valence-electron chi connectivity index (χ0n) is 12.7. The Labute approximate surface area is 128 Å². The molecule has 0 aliphatic rings. The van der Waals surface area contributed by atoms with Gasteiger partial charge in [0, 0.05) is 5.56 Å². The highest BCUT2D eigenvalue weighted by Gasteiger charge is 2.15. The zero-order valence-corrected chi connectivity index (χ0v) is 12.7. The van der Waals surface area contributed by atoms with Crippen LogP contribution in [-0.4, -0.2) is 22.0 Å². The lowest BCUT2D eigenvalue weighted by Gasteiger charge is -2.19. The fourth-order valence-corrected chi connectivity index (χ4v) is 1.87. The molecule has 1 heterocycles. The Morgan fingerprint density at radius 1 is 1.23 bits per heavy atom. The van der Waals surface area contributed by atoms with E-state index in [1.54, 1.807) is 12.1 Å². The van der Waals surface area contributed by atoms with Crippen LogP contribution in [0.5, 0.6) is 0 Å². The van der Waals surface area contributed by atoms with Gasteiger partial charge in [-0.25, -0.2) is 9.78 Å². The van der Waals surface area contributed by atoms with Crippen molar-refractivity contribution >= 4 is 11.9 Å². The van der Waals surface area contributed by atoms with Crippen LogP contribution < -0.4 is 5.32 Å². The summed E-state index contributed by atoms with van der Waals surface area (Å²) in [7, 11) is 0. The van der Waals surface area contributed by atoms with Crippen LogP contribution in [0.1, 0.15) is 53.1 Å². The minimum Gasteiger partial charge on any atom is -0.476 e. The molecule has 0 saturated carbocycles. The van der Waals surface area contributed by atoms with E-state index in [9.17, 15) is 9.59 Å². The summed E-state index contributed by atoms with van der Waals surface area (Å²) >= 11 is 0. The highest BCUT2D eigenvalue weighted by atomic mass is 16.4. The maximum atomic E-state index is 12.0. The second kappa shape index (κ2) is 6.01.